The molecule has 3 N–H and O–H groups in total. The first-order chi connectivity index (χ1) is 8.10. The average Bonchev–Trinajstić information content (AvgIpc) is 2.28. The van der Waals surface area contributed by atoms with E-state index < -0.39 is 0 Å². The lowest BCUT2D eigenvalue weighted by molar-refractivity contribution is 0.383. The molecule has 2 heteroatoms. The van der Waals surface area contributed by atoms with Gasteiger partial charge in [0.1, 0.15) is 0 Å². The van der Waals surface area contributed by atoms with Gasteiger partial charge in [0.05, 0.1) is 0 Å². The maximum absolute atomic E-state index is 8.13. The van der Waals surface area contributed by atoms with Crippen molar-refractivity contribution in [1.82, 2.24) is 0 Å². The quantitative estimate of drug-likeness (QED) is 0.707. The molecule has 17 heavy (non-hydrogen) atoms. The third-order valence-electron chi connectivity index (χ3n) is 4.23. The van der Waals surface area contributed by atoms with Crippen molar-refractivity contribution >= 4 is 5.71 Å². The second-order valence-corrected chi connectivity index (χ2v) is 5.38. The molecule has 1 aliphatic carbocycles. The molecule has 0 aliphatic heterocycles. The van der Waals surface area contributed by atoms with Crippen LogP contribution in [0.15, 0.2) is 11.3 Å². The van der Waals surface area contributed by atoms with Gasteiger partial charge < -0.3 is 11.1 Å². The largest absolute Gasteiger partial charge is 0.402 e. The minimum absolute atomic E-state index is 0.336. The summed E-state index contributed by atoms with van der Waals surface area (Å²) >= 11 is 0. The van der Waals surface area contributed by atoms with Crippen LogP contribution < -0.4 is 5.73 Å². The predicted octanol–water partition coefficient (Wildman–Crippen LogP) is 4.26. The topological polar surface area (TPSA) is 49.9 Å². The zero-order valence-electron chi connectivity index (χ0n) is 11.7. The minimum atomic E-state index is 0.336. The first kappa shape index (κ1) is 14.3. The lowest BCUT2D eigenvalue weighted by Gasteiger charge is -2.28. The molecule has 1 rings (SSSR count). The van der Waals surface area contributed by atoms with Gasteiger partial charge in [-0.15, -0.1) is 0 Å². The monoisotopic (exact) mass is 236 g/mol. The van der Waals surface area contributed by atoms with E-state index in [0.717, 1.165) is 36.6 Å². The Bertz CT molecular complexity index is 287. The van der Waals surface area contributed by atoms with Crippen molar-refractivity contribution in [2.24, 2.45) is 17.6 Å². The zero-order chi connectivity index (χ0) is 12.8. The Morgan fingerprint density at radius 2 is 2.00 bits per heavy atom. The minimum Gasteiger partial charge on any atom is -0.402 e. The fourth-order valence-electron chi connectivity index (χ4n) is 2.97. The molecule has 0 amide bonds. The highest BCUT2D eigenvalue weighted by molar-refractivity contribution is 5.86. The molecule has 0 spiro atoms. The van der Waals surface area contributed by atoms with Crippen molar-refractivity contribution in [1.29, 1.82) is 5.41 Å². The number of rotatable bonds is 3. The Hall–Kier alpha value is -0.790. The van der Waals surface area contributed by atoms with Crippen molar-refractivity contribution in [3.63, 3.8) is 0 Å². The molecule has 1 fully saturated rings. The molecule has 0 aromatic carbocycles. The van der Waals surface area contributed by atoms with Gasteiger partial charge in [0.2, 0.25) is 0 Å². The Kier molecular flexibility index (Phi) is 5.73. The molecule has 2 atom stereocenters. The summed E-state index contributed by atoms with van der Waals surface area (Å²) in [5.41, 5.74) is 9.23. The van der Waals surface area contributed by atoms with Gasteiger partial charge in [-0.25, -0.2) is 0 Å². The standard InChI is InChI=1S/C15H28N2/c1-4-12-7-6-8-14(15(17)5-2)13(10-9-12)11(3)16/h12,14,17H,4-10,16H2,1-3H3/b13-11-,17-15?. The second-order valence-electron chi connectivity index (χ2n) is 5.38. The van der Waals surface area contributed by atoms with Crippen molar-refractivity contribution < 1.29 is 0 Å². The van der Waals surface area contributed by atoms with Crippen LogP contribution in [-0.4, -0.2) is 5.71 Å². The summed E-state index contributed by atoms with van der Waals surface area (Å²) in [5, 5.41) is 8.13. The zero-order valence-corrected chi connectivity index (χ0v) is 11.7. The van der Waals surface area contributed by atoms with E-state index in [1.807, 2.05) is 6.92 Å². The summed E-state index contributed by atoms with van der Waals surface area (Å²) in [4.78, 5) is 0. The van der Waals surface area contributed by atoms with Crippen LogP contribution in [0, 0.1) is 17.2 Å². The summed E-state index contributed by atoms with van der Waals surface area (Å²) in [5.74, 6) is 1.20. The Morgan fingerprint density at radius 1 is 1.29 bits per heavy atom. The van der Waals surface area contributed by atoms with E-state index in [0.29, 0.717) is 5.92 Å². The molecular formula is C15H28N2. The molecule has 0 radical (unpaired) electrons. The van der Waals surface area contributed by atoms with E-state index in [1.54, 1.807) is 0 Å². The van der Waals surface area contributed by atoms with Gasteiger partial charge in [-0.1, -0.05) is 33.1 Å². The fraction of sp³-hybridized carbons (Fsp3) is 0.800. The second kappa shape index (κ2) is 6.83. The number of hydrogen-bond donors (Lipinski definition) is 2. The van der Waals surface area contributed by atoms with Crippen LogP contribution in [0.2, 0.25) is 0 Å². The highest BCUT2D eigenvalue weighted by Crippen LogP contribution is 2.33. The molecule has 98 valence electrons. The normalized spacial score (nSPS) is 29.4. The molecule has 2 unspecified atom stereocenters. The molecule has 0 saturated heterocycles. The van der Waals surface area contributed by atoms with E-state index in [2.05, 4.69) is 13.8 Å². The maximum Gasteiger partial charge on any atom is 0.0195 e. The molecule has 0 bridgehead atoms. The lowest BCUT2D eigenvalue weighted by Crippen LogP contribution is -2.21. The Labute approximate surface area is 106 Å². The summed E-state index contributed by atoms with van der Waals surface area (Å²) in [6.45, 7) is 6.38. The first-order valence-corrected chi connectivity index (χ1v) is 7.12. The summed E-state index contributed by atoms with van der Waals surface area (Å²) < 4.78 is 0. The molecule has 0 aromatic heterocycles. The predicted molar refractivity (Wildman–Crippen MR) is 75.3 cm³/mol. The molecule has 0 heterocycles. The van der Waals surface area contributed by atoms with Crippen LogP contribution in [0.3, 0.4) is 0 Å². The van der Waals surface area contributed by atoms with Crippen molar-refractivity contribution in [3.8, 4) is 0 Å². The van der Waals surface area contributed by atoms with Gasteiger partial charge in [0.15, 0.2) is 0 Å². The number of nitrogens with two attached hydrogens (primary N) is 1. The lowest BCUT2D eigenvalue weighted by atomic mass is 9.78. The third kappa shape index (κ3) is 3.86. The van der Waals surface area contributed by atoms with E-state index in [4.69, 9.17) is 11.1 Å². The summed E-state index contributed by atoms with van der Waals surface area (Å²) in [7, 11) is 0. The SMILES string of the molecule is CCC(=N)C1CCCC(CC)CC/C1=C(\C)N. The van der Waals surface area contributed by atoms with E-state index in [-0.39, 0.29) is 0 Å². The van der Waals surface area contributed by atoms with Crippen LogP contribution in [0.5, 0.6) is 0 Å². The van der Waals surface area contributed by atoms with Gasteiger partial charge in [-0.3, -0.25) is 0 Å². The molecule has 1 aliphatic rings. The van der Waals surface area contributed by atoms with Crippen molar-refractivity contribution in [2.75, 3.05) is 0 Å². The molecule has 0 aromatic rings. The van der Waals surface area contributed by atoms with E-state index in [1.165, 1.54) is 31.3 Å². The van der Waals surface area contributed by atoms with E-state index >= 15 is 0 Å². The van der Waals surface area contributed by atoms with Crippen LogP contribution in [0.4, 0.5) is 0 Å². The van der Waals surface area contributed by atoms with Crippen LogP contribution >= 0.6 is 0 Å². The molecule has 1 saturated carbocycles. The summed E-state index contributed by atoms with van der Waals surface area (Å²) in [6, 6.07) is 0. The maximum atomic E-state index is 8.13. The molecular weight excluding hydrogens is 208 g/mol. The van der Waals surface area contributed by atoms with Gasteiger partial charge in [-0.05, 0) is 44.1 Å². The Balaban J connectivity index is 2.83. The third-order valence-corrected chi connectivity index (χ3v) is 4.23. The number of hydrogen-bond acceptors (Lipinski definition) is 2. The van der Waals surface area contributed by atoms with E-state index in [9.17, 15) is 0 Å². The Morgan fingerprint density at radius 3 is 2.53 bits per heavy atom. The van der Waals surface area contributed by atoms with Gasteiger partial charge in [-0.2, -0.15) is 0 Å². The van der Waals surface area contributed by atoms with Crippen LogP contribution in [0.25, 0.3) is 0 Å². The van der Waals surface area contributed by atoms with Crippen LogP contribution in [-0.2, 0) is 0 Å². The van der Waals surface area contributed by atoms with Gasteiger partial charge in [0, 0.05) is 17.3 Å². The van der Waals surface area contributed by atoms with Crippen molar-refractivity contribution in [3.05, 3.63) is 11.3 Å². The highest BCUT2D eigenvalue weighted by Gasteiger charge is 2.23. The summed E-state index contributed by atoms with van der Waals surface area (Å²) in [6.07, 6.45) is 8.23. The number of nitrogens with one attached hydrogen (secondary N) is 1. The first-order valence-electron chi connectivity index (χ1n) is 7.12. The van der Waals surface area contributed by atoms with Gasteiger partial charge >= 0.3 is 0 Å². The molecule has 2 nitrogen and oxygen atoms in total. The number of allylic oxidation sites excluding steroid dienone is 2. The van der Waals surface area contributed by atoms with Gasteiger partial charge in [0.25, 0.3) is 0 Å². The highest BCUT2D eigenvalue weighted by atomic mass is 14.6. The average molecular weight is 236 g/mol. The smallest absolute Gasteiger partial charge is 0.0195 e. The fourth-order valence-corrected chi connectivity index (χ4v) is 2.97. The van der Waals surface area contributed by atoms with Crippen LogP contribution in [0.1, 0.15) is 65.7 Å². The van der Waals surface area contributed by atoms with Crippen molar-refractivity contribution in [2.45, 2.75) is 65.7 Å².